The number of ether oxygens (including phenoxy) is 3. The molecular formula is C24H18Cl2N2O4. The molecule has 6 nitrogen and oxygen atoms in total. The molecule has 3 aromatic rings. The number of halogens is 2. The molecule has 8 heteroatoms. The first-order chi connectivity index (χ1) is 15.4. The van der Waals surface area contributed by atoms with Crippen LogP contribution >= 0.6 is 23.2 Å². The largest absolute Gasteiger partial charge is 0.508 e. The normalized spacial score (nSPS) is 14.9. The lowest BCUT2D eigenvalue weighted by Crippen LogP contribution is -2.21. The molecule has 0 spiro atoms. The highest BCUT2D eigenvalue weighted by Crippen LogP contribution is 2.47. The predicted molar refractivity (Wildman–Crippen MR) is 121 cm³/mol. The Labute approximate surface area is 195 Å². The highest BCUT2D eigenvalue weighted by atomic mass is 35.5. The van der Waals surface area contributed by atoms with Crippen molar-refractivity contribution in [1.82, 2.24) is 0 Å². The summed E-state index contributed by atoms with van der Waals surface area (Å²) in [6.45, 7) is 0.199. The Morgan fingerprint density at radius 1 is 1.12 bits per heavy atom. The molecule has 0 saturated carbocycles. The molecule has 0 unspecified atom stereocenters. The summed E-state index contributed by atoms with van der Waals surface area (Å²) < 4.78 is 17.0. The molecule has 0 aromatic heterocycles. The molecule has 32 heavy (non-hydrogen) atoms. The maximum absolute atomic E-state index is 9.82. The van der Waals surface area contributed by atoms with Gasteiger partial charge in [0.15, 0.2) is 11.5 Å². The van der Waals surface area contributed by atoms with Crippen molar-refractivity contribution in [2.24, 2.45) is 5.73 Å². The predicted octanol–water partition coefficient (Wildman–Crippen LogP) is 5.50. The molecule has 0 amide bonds. The zero-order valence-electron chi connectivity index (χ0n) is 16.9. The lowest BCUT2D eigenvalue weighted by molar-refractivity contribution is 0.284. The van der Waals surface area contributed by atoms with E-state index in [9.17, 15) is 10.4 Å². The number of hydrogen-bond acceptors (Lipinski definition) is 6. The van der Waals surface area contributed by atoms with Crippen molar-refractivity contribution >= 4 is 23.2 Å². The quantitative estimate of drug-likeness (QED) is 0.512. The fourth-order valence-electron chi connectivity index (χ4n) is 3.60. The van der Waals surface area contributed by atoms with Crippen LogP contribution in [0, 0.1) is 11.3 Å². The van der Waals surface area contributed by atoms with E-state index in [-0.39, 0.29) is 23.8 Å². The minimum Gasteiger partial charge on any atom is -0.508 e. The summed E-state index contributed by atoms with van der Waals surface area (Å²) in [6.07, 6.45) is 0. The third kappa shape index (κ3) is 4.01. The number of methoxy groups -OCH3 is 1. The summed E-state index contributed by atoms with van der Waals surface area (Å²) in [5.41, 5.74) is 8.35. The Bertz CT molecular complexity index is 1270. The standard InChI is InChI=1S/C24H18Cl2N2O4/c1-30-21-9-14(8-19(26)23(21)31-12-13-4-2-3-5-18(13)25)22-16-7-6-15(29)10-20(16)32-24(28)17(22)11-27/h2-10,22,29H,12,28H2,1H3/t22-/m1/s1. The summed E-state index contributed by atoms with van der Waals surface area (Å²) in [5, 5.41) is 20.4. The van der Waals surface area contributed by atoms with E-state index >= 15 is 0 Å². The molecule has 4 rings (SSSR count). The molecule has 1 atom stereocenters. The van der Waals surface area contributed by atoms with Gasteiger partial charge in [-0.25, -0.2) is 0 Å². The van der Waals surface area contributed by atoms with Crippen molar-refractivity contribution in [3.05, 3.63) is 92.8 Å². The average Bonchev–Trinajstić information content (AvgIpc) is 2.77. The highest BCUT2D eigenvalue weighted by Gasteiger charge is 2.32. The third-order valence-electron chi connectivity index (χ3n) is 5.12. The van der Waals surface area contributed by atoms with E-state index in [0.717, 1.165) is 5.56 Å². The van der Waals surface area contributed by atoms with Gasteiger partial charge in [0.05, 0.1) is 18.1 Å². The number of allylic oxidation sites excluding steroid dienone is 1. The maximum atomic E-state index is 9.82. The van der Waals surface area contributed by atoms with Crippen LogP contribution < -0.4 is 19.9 Å². The lowest BCUT2D eigenvalue weighted by atomic mass is 9.83. The number of benzene rings is 3. The molecule has 1 aliphatic heterocycles. The fraction of sp³-hybridized carbons (Fsp3) is 0.125. The van der Waals surface area contributed by atoms with Crippen molar-refractivity contribution in [3.63, 3.8) is 0 Å². The van der Waals surface area contributed by atoms with Gasteiger partial charge in [0.2, 0.25) is 5.88 Å². The molecule has 1 aliphatic rings. The smallest absolute Gasteiger partial charge is 0.205 e. The maximum Gasteiger partial charge on any atom is 0.205 e. The number of hydrogen-bond donors (Lipinski definition) is 2. The van der Waals surface area contributed by atoms with Crippen LogP contribution in [-0.4, -0.2) is 12.2 Å². The van der Waals surface area contributed by atoms with Gasteiger partial charge < -0.3 is 25.1 Å². The van der Waals surface area contributed by atoms with Gasteiger partial charge in [0.1, 0.15) is 29.7 Å². The number of phenols is 1. The van der Waals surface area contributed by atoms with Crippen LogP contribution in [0.2, 0.25) is 10.0 Å². The molecule has 0 bridgehead atoms. The molecule has 1 heterocycles. The van der Waals surface area contributed by atoms with E-state index in [1.54, 1.807) is 24.3 Å². The van der Waals surface area contributed by atoms with Gasteiger partial charge in [-0.2, -0.15) is 5.26 Å². The first-order valence-electron chi connectivity index (χ1n) is 9.57. The van der Waals surface area contributed by atoms with Crippen molar-refractivity contribution in [3.8, 4) is 29.1 Å². The molecule has 0 radical (unpaired) electrons. The molecule has 3 N–H and O–H groups in total. The van der Waals surface area contributed by atoms with E-state index < -0.39 is 5.92 Å². The van der Waals surface area contributed by atoms with Crippen LogP contribution in [0.15, 0.2) is 66.1 Å². The number of fused-ring (bicyclic) bond motifs is 1. The van der Waals surface area contributed by atoms with Gasteiger partial charge >= 0.3 is 0 Å². The fourth-order valence-corrected chi connectivity index (χ4v) is 4.06. The van der Waals surface area contributed by atoms with Crippen LogP contribution in [0.5, 0.6) is 23.0 Å². The number of rotatable bonds is 5. The number of phenolic OH excluding ortho intramolecular Hbond substituents is 1. The van der Waals surface area contributed by atoms with Gasteiger partial charge in [-0.15, -0.1) is 0 Å². The van der Waals surface area contributed by atoms with Crippen molar-refractivity contribution < 1.29 is 19.3 Å². The number of nitriles is 1. The van der Waals surface area contributed by atoms with Crippen LogP contribution in [0.25, 0.3) is 0 Å². The number of nitrogens with zero attached hydrogens (tertiary/aromatic N) is 1. The summed E-state index contributed by atoms with van der Waals surface area (Å²) in [5.74, 6) is 0.530. The van der Waals surface area contributed by atoms with Crippen molar-refractivity contribution in [1.29, 1.82) is 5.26 Å². The SMILES string of the molecule is COc1cc([C@H]2C(C#N)=C(N)Oc3cc(O)ccc32)cc(Cl)c1OCc1ccccc1Cl. The Morgan fingerprint density at radius 3 is 2.62 bits per heavy atom. The number of aromatic hydroxyl groups is 1. The topological polar surface area (TPSA) is 97.7 Å². The van der Waals surface area contributed by atoms with E-state index in [4.69, 9.17) is 43.1 Å². The summed E-state index contributed by atoms with van der Waals surface area (Å²) in [7, 11) is 1.50. The van der Waals surface area contributed by atoms with Gasteiger partial charge in [0.25, 0.3) is 0 Å². The van der Waals surface area contributed by atoms with Gasteiger partial charge in [-0.3, -0.25) is 0 Å². The first kappa shape index (κ1) is 21.7. The van der Waals surface area contributed by atoms with Crippen LogP contribution in [-0.2, 0) is 6.61 Å². The first-order valence-corrected chi connectivity index (χ1v) is 10.3. The van der Waals surface area contributed by atoms with Gasteiger partial charge in [-0.05, 0) is 29.8 Å². The Kier molecular flexibility index (Phi) is 6.04. The van der Waals surface area contributed by atoms with E-state index in [2.05, 4.69) is 6.07 Å². The Balaban J connectivity index is 1.76. The summed E-state index contributed by atoms with van der Waals surface area (Å²) in [6, 6.07) is 17.6. The highest BCUT2D eigenvalue weighted by molar-refractivity contribution is 6.32. The van der Waals surface area contributed by atoms with E-state index in [1.165, 1.54) is 19.2 Å². The summed E-state index contributed by atoms with van der Waals surface area (Å²) in [4.78, 5) is 0. The minimum absolute atomic E-state index is 0.0228. The Hall–Kier alpha value is -3.53. The molecule has 0 fully saturated rings. The molecule has 0 aliphatic carbocycles. The van der Waals surface area contributed by atoms with Gasteiger partial charge in [-0.1, -0.05) is 47.5 Å². The molecular weight excluding hydrogens is 451 g/mol. The second-order valence-electron chi connectivity index (χ2n) is 7.06. The van der Waals surface area contributed by atoms with E-state index in [0.29, 0.717) is 38.4 Å². The second kappa shape index (κ2) is 8.91. The lowest BCUT2D eigenvalue weighted by Gasteiger charge is -2.27. The zero-order valence-corrected chi connectivity index (χ0v) is 18.4. The molecule has 162 valence electrons. The number of nitrogens with two attached hydrogens (primary N) is 1. The van der Waals surface area contributed by atoms with E-state index in [1.807, 2.05) is 18.2 Å². The minimum atomic E-state index is -0.562. The van der Waals surface area contributed by atoms with Crippen LogP contribution in [0.4, 0.5) is 0 Å². The van der Waals surface area contributed by atoms with Gasteiger partial charge in [0, 0.05) is 22.2 Å². The average molecular weight is 469 g/mol. The summed E-state index contributed by atoms with van der Waals surface area (Å²) >= 11 is 12.8. The third-order valence-corrected chi connectivity index (χ3v) is 5.77. The molecule has 3 aromatic carbocycles. The Morgan fingerprint density at radius 2 is 1.91 bits per heavy atom. The van der Waals surface area contributed by atoms with Crippen molar-refractivity contribution in [2.75, 3.05) is 7.11 Å². The molecule has 0 saturated heterocycles. The van der Waals surface area contributed by atoms with Crippen LogP contribution in [0.1, 0.15) is 22.6 Å². The van der Waals surface area contributed by atoms with Crippen molar-refractivity contribution in [2.45, 2.75) is 12.5 Å². The monoisotopic (exact) mass is 468 g/mol. The van der Waals surface area contributed by atoms with Crippen LogP contribution in [0.3, 0.4) is 0 Å². The second-order valence-corrected chi connectivity index (χ2v) is 7.88. The zero-order chi connectivity index (χ0) is 22.8.